The Morgan fingerprint density at radius 2 is 1.16 bits per heavy atom. The van der Waals surface area contributed by atoms with Crippen molar-refractivity contribution < 1.29 is 33.1 Å². The minimum atomic E-state index is -4.52. The second kappa shape index (κ2) is 13.5. The topological polar surface area (TPSA) is 132 Å². The molecule has 7 nitrogen and oxygen atoms in total. The first-order valence-electron chi connectivity index (χ1n) is 9.21. The van der Waals surface area contributed by atoms with Gasteiger partial charge in [0, 0.05) is 0 Å². The van der Waals surface area contributed by atoms with Gasteiger partial charge in [0.1, 0.15) is 0 Å². The molecule has 0 spiro atoms. The highest BCUT2D eigenvalue weighted by molar-refractivity contribution is 7.87. The van der Waals surface area contributed by atoms with Crippen molar-refractivity contribution in [3.63, 3.8) is 0 Å². The Labute approximate surface area is 151 Å². The SMILES string of the molecule is CC(O)C(O)CCCCCCCCCCCCC(C(=O)O)S(=O)(=O)O. The average Bonchev–Trinajstić information content (AvgIpc) is 2.49. The van der Waals surface area contributed by atoms with Gasteiger partial charge < -0.3 is 15.3 Å². The molecule has 8 heteroatoms. The molecule has 0 fully saturated rings. The highest BCUT2D eigenvalue weighted by atomic mass is 32.2. The van der Waals surface area contributed by atoms with Crippen molar-refractivity contribution in [3.05, 3.63) is 0 Å². The van der Waals surface area contributed by atoms with Gasteiger partial charge in [0.25, 0.3) is 10.1 Å². The molecule has 3 atom stereocenters. The third kappa shape index (κ3) is 13.2. The molecule has 4 N–H and O–H groups in total. The van der Waals surface area contributed by atoms with Gasteiger partial charge in [-0.25, -0.2) is 0 Å². The van der Waals surface area contributed by atoms with Crippen molar-refractivity contribution in [2.24, 2.45) is 0 Å². The van der Waals surface area contributed by atoms with E-state index in [2.05, 4.69) is 0 Å². The lowest BCUT2D eigenvalue weighted by Crippen LogP contribution is -2.29. The van der Waals surface area contributed by atoms with Crippen molar-refractivity contribution >= 4 is 16.1 Å². The minimum absolute atomic E-state index is 0.0491. The Bertz CT molecular complexity index is 448. The molecule has 3 unspecified atom stereocenters. The first-order valence-corrected chi connectivity index (χ1v) is 10.7. The summed E-state index contributed by atoms with van der Waals surface area (Å²) in [7, 11) is -4.52. The van der Waals surface area contributed by atoms with E-state index in [1.165, 1.54) is 0 Å². The molecule has 25 heavy (non-hydrogen) atoms. The lowest BCUT2D eigenvalue weighted by molar-refractivity contribution is -0.136. The number of unbranched alkanes of at least 4 members (excludes halogenated alkanes) is 9. The fourth-order valence-electron chi connectivity index (χ4n) is 2.74. The van der Waals surface area contributed by atoms with Gasteiger partial charge in [0.05, 0.1) is 12.2 Å². The maximum absolute atomic E-state index is 10.9. The quantitative estimate of drug-likeness (QED) is 0.238. The molecule has 0 saturated carbocycles. The van der Waals surface area contributed by atoms with Gasteiger partial charge in [-0.2, -0.15) is 8.42 Å². The molecule has 0 rings (SSSR count). The van der Waals surface area contributed by atoms with E-state index >= 15 is 0 Å². The minimum Gasteiger partial charge on any atom is -0.480 e. The van der Waals surface area contributed by atoms with Crippen LogP contribution in [0.3, 0.4) is 0 Å². The second-order valence-electron chi connectivity index (χ2n) is 6.76. The van der Waals surface area contributed by atoms with Gasteiger partial charge in [0.15, 0.2) is 5.25 Å². The summed E-state index contributed by atoms with van der Waals surface area (Å²) >= 11 is 0. The van der Waals surface area contributed by atoms with Crippen LogP contribution in [0.5, 0.6) is 0 Å². The van der Waals surface area contributed by atoms with Gasteiger partial charge in [-0.1, -0.05) is 64.2 Å². The van der Waals surface area contributed by atoms with E-state index in [1.54, 1.807) is 6.92 Å². The predicted octanol–water partition coefficient (Wildman–Crippen LogP) is 2.75. The molecule has 0 amide bonds. The van der Waals surface area contributed by atoms with Crippen LogP contribution < -0.4 is 0 Å². The summed E-state index contributed by atoms with van der Waals surface area (Å²) in [4.78, 5) is 10.8. The van der Waals surface area contributed by atoms with E-state index in [9.17, 15) is 18.3 Å². The normalized spacial score (nSPS) is 15.7. The van der Waals surface area contributed by atoms with Crippen LogP contribution in [-0.2, 0) is 14.9 Å². The average molecular weight is 383 g/mol. The molecule has 0 aliphatic carbocycles. The molecule has 0 aromatic carbocycles. The molecule has 0 aliphatic rings. The number of hydrogen-bond donors (Lipinski definition) is 4. The zero-order chi connectivity index (χ0) is 19.3. The van der Waals surface area contributed by atoms with Crippen molar-refractivity contribution in [2.45, 2.75) is 101 Å². The molecule has 0 aromatic heterocycles. The summed E-state index contributed by atoms with van der Waals surface area (Å²) in [5.74, 6) is -1.50. The highest BCUT2D eigenvalue weighted by Crippen LogP contribution is 2.15. The third-order valence-corrected chi connectivity index (χ3v) is 5.56. The van der Waals surface area contributed by atoms with Gasteiger partial charge in [-0.15, -0.1) is 0 Å². The highest BCUT2D eigenvalue weighted by Gasteiger charge is 2.29. The van der Waals surface area contributed by atoms with Crippen molar-refractivity contribution in [2.75, 3.05) is 0 Å². The van der Waals surface area contributed by atoms with Crippen LogP contribution in [0.2, 0.25) is 0 Å². The summed E-state index contributed by atoms with van der Waals surface area (Å²) in [5, 5.41) is 25.7. The fourth-order valence-corrected chi connectivity index (χ4v) is 3.46. The standard InChI is InChI=1S/C17H34O7S/c1-14(18)15(19)12-10-8-6-4-2-3-5-7-9-11-13-16(17(20)21)25(22,23)24/h14-16,18-19H,2-13H2,1H3,(H,20,21)(H,22,23,24). The van der Waals surface area contributed by atoms with Gasteiger partial charge >= 0.3 is 5.97 Å². The number of aliphatic carboxylic acids is 1. The molecular weight excluding hydrogens is 348 g/mol. The molecule has 150 valence electrons. The number of hydrogen-bond acceptors (Lipinski definition) is 5. The lowest BCUT2D eigenvalue weighted by atomic mass is 10.0. The van der Waals surface area contributed by atoms with Crippen molar-refractivity contribution in [1.82, 2.24) is 0 Å². The number of aliphatic hydroxyl groups is 2. The maximum Gasteiger partial charge on any atom is 0.324 e. The number of aliphatic hydroxyl groups excluding tert-OH is 2. The van der Waals surface area contributed by atoms with Gasteiger partial charge in [-0.05, 0) is 19.8 Å². The van der Waals surface area contributed by atoms with Crippen LogP contribution in [0.1, 0.15) is 84.0 Å². The van der Waals surface area contributed by atoms with E-state index < -0.39 is 33.5 Å². The van der Waals surface area contributed by atoms with E-state index in [0.29, 0.717) is 12.8 Å². The first kappa shape index (κ1) is 24.3. The van der Waals surface area contributed by atoms with E-state index in [4.69, 9.17) is 14.8 Å². The molecule has 0 saturated heterocycles. The summed E-state index contributed by atoms with van der Waals surface area (Å²) in [6.07, 6.45) is 8.94. The monoisotopic (exact) mass is 382 g/mol. The van der Waals surface area contributed by atoms with E-state index in [1.807, 2.05) is 0 Å². The molecule has 0 bridgehead atoms. The molecule has 0 aromatic rings. The Morgan fingerprint density at radius 3 is 1.48 bits per heavy atom. The van der Waals surface area contributed by atoms with E-state index in [0.717, 1.165) is 57.8 Å². The van der Waals surface area contributed by atoms with Crippen LogP contribution in [0.4, 0.5) is 0 Å². The molecule has 0 aliphatic heterocycles. The van der Waals surface area contributed by atoms with Gasteiger partial charge in [0.2, 0.25) is 0 Å². The van der Waals surface area contributed by atoms with Crippen molar-refractivity contribution in [3.8, 4) is 0 Å². The largest absolute Gasteiger partial charge is 0.480 e. The van der Waals surface area contributed by atoms with Crippen LogP contribution >= 0.6 is 0 Å². The maximum atomic E-state index is 10.9. The third-order valence-electron chi connectivity index (χ3n) is 4.41. The summed E-state index contributed by atoms with van der Waals surface area (Å²) in [6.45, 7) is 1.59. The number of carbonyl (C=O) groups is 1. The van der Waals surface area contributed by atoms with Crippen LogP contribution in [-0.4, -0.2) is 51.7 Å². The van der Waals surface area contributed by atoms with Crippen molar-refractivity contribution in [1.29, 1.82) is 0 Å². The van der Waals surface area contributed by atoms with Crippen LogP contribution in [0.15, 0.2) is 0 Å². The Balaban J connectivity index is 3.46. The Hall–Kier alpha value is -0.700. The van der Waals surface area contributed by atoms with E-state index in [-0.39, 0.29) is 6.42 Å². The molecule has 0 heterocycles. The summed E-state index contributed by atoms with van der Waals surface area (Å²) in [6, 6.07) is 0. The molecular formula is C17H34O7S. The summed E-state index contributed by atoms with van der Waals surface area (Å²) in [5.41, 5.74) is 0. The number of carboxylic acids is 1. The van der Waals surface area contributed by atoms with Crippen LogP contribution in [0.25, 0.3) is 0 Å². The lowest BCUT2D eigenvalue weighted by Gasteiger charge is -2.12. The van der Waals surface area contributed by atoms with Crippen LogP contribution in [0, 0.1) is 0 Å². The van der Waals surface area contributed by atoms with Gasteiger partial charge in [-0.3, -0.25) is 9.35 Å². The zero-order valence-electron chi connectivity index (χ0n) is 15.1. The Kier molecular flexibility index (Phi) is 13.1. The second-order valence-corrected chi connectivity index (χ2v) is 8.36. The fraction of sp³-hybridized carbons (Fsp3) is 0.941. The summed E-state index contributed by atoms with van der Waals surface area (Å²) < 4.78 is 30.6. The zero-order valence-corrected chi connectivity index (χ0v) is 16.0. The number of rotatable bonds is 16. The molecule has 0 radical (unpaired) electrons. The number of carboxylic acid groups (broad SMARTS) is 1. The Morgan fingerprint density at radius 1 is 0.800 bits per heavy atom. The predicted molar refractivity (Wildman–Crippen MR) is 96.1 cm³/mol. The first-order chi connectivity index (χ1) is 11.7. The smallest absolute Gasteiger partial charge is 0.324 e.